The van der Waals surface area contributed by atoms with Crippen LogP contribution in [0.4, 0.5) is 0 Å². The van der Waals surface area contributed by atoms with Crippen LogP contribution in [0.3, 0.4) is 0 Å². The quantitative estimate of drug-likeness (QED) is 0.335. The monoisotopic (exact) mass is 160 g/mol. The van der Waals surface area contributed by atoms with Gasteiger partial charge >= 0.3 is 0 Å². The van der Waals surface area contributed by atoms with Gasteiger partial charge in [0, 0.05) is 13.1 Å². The molecular formula is C6H12N2O3. The lowest BCUT2D eigenvalue weighted by Crippen LogP contribution is -2.22. The molecule has 0 aliphatic rings. The minimum atomic E-state index is 0.472. The van der Waals surface area contributed by atoms with Crippen LogP contribution in [0.25, 0.3) is 0 Å². The molecule has 0 saturated carbocycles. The van der Waals surface area contributed by atoms with Crippen molar-refractivity contribution in [3.63, 3.8) is 0 Å². The Morgan fingerprint density at radius 2 is 1.45 bits per heavy atom. The molecule has 11 heavy (non-hydrogen) atoms. The van der Waals surface area contributed by atoms with Gasteiger partial charge in [0.2, 0.25) is 12.8 Å². The number of carbonyl (C=O) groups is 2. The summed E-state index contributed by atoms with van der Waals surface area (Å²) >= 11 is 0. The second-order valence-corrected chi connectivity index (χ2v) is 1.76. The van der Waals surface area contributed by atoms with Gasteiger partial charge in [-0.2, -0.15) is 0 Å². The highest BCUT2D eigenvalue weighted by atomic mass is 16.5. The zero-order valence-corrected chi connectivity index (χ0v) is 6.21. The first-order valence-electron chi connectivity index (χ1n) is 3.33. The molecule has 0 bridgehead atoms. The van der Waals surface area contributed by atoms with Gasteiger partial charge in [-0.3, -0.25) is 9.59 Å². The van der Waals surface area contributed by atoms with Crippen LogP contribution in [0, 0.1) is 0 Å². The summed E-state index contributed by atoms with van der Waals surface area (Å²) in [5.41, 5.74) is 0. The maximum absolute atomic E-state index is 9.71. The van der Waals surface area contributed by atoms with Crippen molar-refractivity contribution in [1.29, 1.82) is 0 Å². The third kappa shape index (κ3) is 8.90. The van der Waals surface area contributed by atoms with Gasteiger partial charge in [0.15, 0.2) is 0 Å². The largest absolute Gasteiger partial charge is 0.378 e. The van der Waals surface area contributed by atoms with Gasteiger partial charge in [-0.15, -0.1) is 0 Å². The van der Waals surface area contributed by atoms with Crippen LogP contribution < -0.4 is 10.6 Å². The molecule has 0 aromatic carbocycles. The molecule has 0 radical (unpaired) electrons. The summed E-state index contributed by atoms with van der Waals surface area (Å²) in [6.07, 6.45) is 1.24. The van der Waals surface area contributed by atoms with E-state index in [-0.39, 0.29) is 0 Å². The molecular weight excluding hydrogens is 148 g/mol. The molecule has 0 aliphatic heterocycles. The van der Waals surface area contributed by atoms with Crippen LogP contribution in [0.5, 0.6) is 0 Å². The van der Waals surface area contributed by atoms with Crippen molar-refractivity contribution in [2.45, 2.75) is 0 Å². The SMILES string of the molecule is O=CNCCOCCNC=O. The summed E-state index contributed by atoms with van der Waals surface area (Å²) in [4.78, 5) is 19.4. The van der Waals surface area contributed by atoms with E-state index in [2.05, 4.69) is 10.6 Å². The average molecular weight is 160 g/mol. The molecule has 5 heteroatoms. The van der Waals surface area contributed by atoms with Gasteiger partial charge in [-0.05, 0) is 0 Å². The molecule has 5 nitrogen and oxygen atoms in total. The predicted octanol–water partition coefficient (Wildman–Crippen LogP) is -1.50. The Hall–Kier alpha value is -1.10. The second-order valence-electron chi connectivity index (χ2n) is 1.76. The highest BCUT2D eigenvalue weighted by Gasteiger charge is 1.85. The Morgan fingerprint density at radius 3 is 1.82 bits per heavy atom. The Labute approximate surface area is 65.1 Å². The Kier molecular flexibility index (Phi) is 8.01. The first-order chi connectivity index (χ1) is 5.41. The van der Waals surface area contributed by atoms with E-state index in [0.29, 0.717) is 39.1 Å². The minimum Gasteiger partial charge on any atom is -0.378 e. The van der Waals surface area contributed by atoms with E-state index < -0.39 is 0 Å². The average Bonchev–Trinajstić information content (AvgIpc) is 2.03. The smallest absolute Gasteiger partial charge is 0.207 e. The van der Waals surface area contributed by atoms with Gasteiger partial charge in [-0.25, -0.2) is 0 Å². The fourth-order valence-electron chi connectivity index (χ4n) is 0.482. The van der Waals surface area contributed by atoms with Gasteiger partial charge in [-0.1, -0.05) is 0 Å². The van der Waals surface area contributed by atoms with Gasteiger partial charge in [0.1, 0.15) is 0 Å². The zero-order valence-electron chi connectivity index (χ0n) is 6.21. The lowest BCUT2D eigenvalue weighted by atomic mass is 10.6. The van der Waals surface area contributed by atoms with Crippen LogP contribution in [0.2, 0.25) is 0 Å². The normalized spacial score (nSPS) is 8.73. The molecule has 0 unspecified atom stereocenters. The number of nitrogens with one attached hydrogen (secondary N) is 2. The Balaban J connectivity index is 2.79. The first-order valence-corrected chi connectivity index (χ1v) is 3.33. The Morgan fingerprint density at radius 1 is 1.00 bits per heavy atom. The number of hydrogen-bond acceptors (Lipinski definition) is 3. The summed E-state index contributed by atoms with van der Waals surface area (Å²) in [6, 6.07) is 0. The molecule has 2 amide bonds. The predicted molar refractivity (Wildman–Crippen MR) is 39.0 cm³/mol. The molecule has 0 aromatic rings. The van der Waals surface area contributed by atoms with E-state index in [1.807, 2.05) is 0 Å². The maximum atomic E-state index is 9.71. The van der Waals surface area contributed by atoms with Crippen LogP contribution in [0.1, 0.15) is 0 Å². The van der Waals surface area contributed by atoms with Crippen molar-refractivity contribution < 1.29 is 14.3 Å². The molecule has 0 heterocycles. The maximum Gasteiger partial charge on any atom is 0.207 e. The highest BCUT2D eigenvalue weighted by molar-refractivity contribution is 5.45. The summed E-state index contributed by atoms with van der Waals surface area (Å²) in [5.74, 6) is 0. The van der Waals surface area contributed by atoms with Crippen molar-refractivity contribution in [3.8, 4) is 0 Å². The van der Waals surface area contributed by atoms with Crippen LogP contribution in [-0.4, -0.2) is 39.1 Å². The van der Waals surface area contributed by atoms with Crippen LogP contribution >= 0.6 is 0 Å². The summed E-state index contributed by atoms with van der Waals surface area (Å²) < 4.78 is 5.00. The minimum absolute atomic E-state index is 0.472. The molecule has 0 aromatic heterocycles. The molecule has 0 aliphatic carbocycles. The first kappa shape index (κ1) is 9.90. The van der Waals surface area contributed by atoms with Crippen molar-refractivity contribution >= 4 is 12.8 Å². The fraction of sp³-hybridized carbons (Fsp3) is 0.667. The summed E-state index contributed by atoms with van der Waals surface area (Å²) in [5, 5.41) is 4.89. The lowest BCUT2D eigenvalue weighted by molar-refractivity contribution is -0.110. The molecule has 0 atom stereocenters. The van der Waals surface area contributed by atoms with Gasteiger partial charge in [0.25, 0.3) is 0 Å². The number of ether oxygens (including phenoxy) is 1. The number of carbonyl (C=O) groups excluding carboxylic acids is 2. The molecule has 0 saturated heterocycles. The Bertz CT molecular complexity index is 96.0. The number of amides is 2. The third-order valence-corrected chi connectivity index (χ3v) is 0.948. The van der Waals surface area contributed by atoms with Crippen LogP contribution in [-0.2, 0) is 14.3 Å². The zero-order chi connectivity index (χ0) is 8.36. The number of rotatable bonds is 8. The van der Waals surface area contributed by atoms with Crippen molar-refractivity contribution in [2.75, 3.05) is 26.3 Å². The molecule has 0 fully saturated rings. The van der Waals surface area contributed by atoms with Gasteiger partial charge in [0.05, 0.1) is 13.2 Å². The number of hydrogen-bond donors (Lipinski definition) is 2. The van der Waals surface area contributed by atoms with Gasteiger partial charge < -0.3 is 15.4 Å². The second kappa shape index (κ2) is 8.90. The molecule has 2 N–H and O–H groups in total. The van der Waals surface area contributed by atoms with Crippen molar-refractivity contribution in [1.82, 2.24) is 10.6 Å². The van der Waals surface area contributed by atoms with E-state index in [1.165, 1.54) is 0 Å². The third-order valence-electron chi connectivity index (χ3n) is 0.948. The van der Waals surface area contributed by atoms with E-state index >= 15 is 0 Å². The van der Waals surface area contributed by atoms with Crippen LogP contribution in [0.15, 0.2) is 0 Å². The standard InChI is InChI=1S/C6H12N2O3/c9-5-7-1-3-11-4-2-8-6-10/h5-6H,1-4H2,(H,7,9)(H,8,10). The van der Waals surface area contributed by atoms with Crippen molar-refractivity contribution in [2.24, 2.45) is 0 Å². The fourth-order valence-corrected chi connectivity index (χ4v) is 0.482. The van der Waals surface area contributed by atoms with Crippen molar-refractivity contribution in [3.05, 3.63) is 0 Å². The topological polar surface area (TPSA) is 67.4 Å². The molecule has 0 rings (SSSR count). The molecule has 0 spiro atoms. The highest BCUT2D eigenvalue weighted by Crippen LogP contribution is 1.69. The summed E-state index contributed by atoms with van der Waals surface area (Å²) in [6.45, 7) is 1.95. The van der Waals surface area contributed by atoms with E-state index in [0.717, 1.165) is 0 Å². The van der Waals surface area contributed by atoms with E-state index in [1.54, 1.807) is 0 Å². The summed E-state index contributed by atoms with van der Waals surface area (Å²) in [7, 11) is 0. The van der Waals surface area contributed by atoms with E-state index in [9.17, 15) is 9.59 Å². The lowest BCUT2D eigenvalue weighted by Gasteiger charge is -2.01. The molecule has 64 valence electrons. The van der Waals surface area contributed by atoms with E-state index in [4.69, 9.17) is 4.74 Å².